The Balaban J connectivity index is 2.69. The van der Waals surface area contributed by atoms with Gasteiger partial charge in [0.25, 0.3) is 0 Å². The lowest BCUT2D eigenvalue weighted by Crippen LogP contribution is -1.94. The summed E-state index contributed by atoms with van der Waals surface area (Å²) < 4.78 is 1.60. The summed E-state index contributed by atoms with van der Waals surface area (Å²) in [6, 6.07) is 0. The van der Waals surface area contributed by atoms with Gasteiger partial charge < -0.3 is 0 Å². The zero-order valence-electron chi connectivity index (χ0n) is 7.16. The maximum absolute atomic E-state index is 11.3. The highest BCUT2D eigenvalue weighted by Crippen LogP contribution is 1.99. The maximum atomic E-state index is 11.3. The van der Waals surface area contributed by atoms with E-state index in [2.05, 4.69) is 16.9 Å². The number of aryl methyl sites for hydroxylation is 1. The van der Waals surface area contributed by atoms with Crippen LogP contribution in [0.2, 0.25) is 0 Å². The maximum Gasteiger partial charge on any atom is 0.177 e. The van der Waals surface area contributed by atoms with Gasteiger partial charge in [0.15, 0.2) is 5.78 Å². The Morgan fingerprint density at radius 2 is 2.50 bits per heavy atom. The summed E-state index contributed by atoms with van der Waals surface area (Å²) in [5, 5.41) is 3.89. The molecular formula is C9H10N2O. The number of rotatable bonds is 2. The SMILES string of the molecule is CC#CCC(=O)c1cnn(C)c1. The van der Waals surface area contributed by atoms with E-state index < -0.39 is 0 Å². The van der Waals surface area contributed by atoms with Gasteiger partial charge >= 0.3 is 0 Å². The van der Waals surface area contributed by atoms with Crippen molar-refractivity contribution in [1.29, 1.82) is 0 Å². The van der Waals surface area contributed by atoms with Crippen molar-refractivity contribution < 1.29 is 4.79 Å². The van der Waals surface area contributed by atoms with E-state index in [1.807, 2.05) is 0 Å². The third-order valence-electron chi connectivity index (χ3n) is 1.45. The standard InChI is InChI=1S/C9H10N2O/c1-3-4-5-9(12)8-6-10-11(2)7-8/h6-7H,5H2,1-2H3. The molecule has 62 valence electrons. The molecule has 0 fully saturated rings. The highest BCUT2D eigenvalue weighted by molar-refractivity contribution is 5.97. The van der Waals surface area contributed by atoms with Gasteiger partial charge in [0, 0.05) is 13.2 Å². The average molecular weight is 162 g/mol. The van der Waals surface area contributed by atoms with Crippen LogP contribution in [0.15, 0.2) is 12.4 Å². The summed E-state index contributed by atoms with van der Waals surface area (Å²) in [7, 11) is 1.78. The largest absolute Gasteiger partial charge is 0.293 e. The summed E-state index contributed by atoms with van der Waals surface area (Å²) >= 11 is 0. The number of hydrogen-bond acceptors (Lipinski definition) is 2. The van der Waals surface area contributed by atoms with Crippen molar-refractivity contribution in [2.75, 3.05) is 0 Å². The van der Waals surface area contributed by atoms with Gasteiger partial charge in [-0.2, -0.15) is 5.10 Å². The number of Topliss-reactive ketones (excluding diaryl/α,β-unsaturated/α-hetero) is 1. The van der Waals surface area contributed by atoms with Crippen LogP contribution >= 0.6 is 0 Å². The molecule has 1 heterocycles. The molecule has 0 radical (unpaired) electrons. The van der Waals surface area contributed by atoms with Gasteiger partial charge in [-0.1, -0.05) is 5.92 Å². The lowest BCUT2D eigenvalue weighted by Gasteiger charge is -1.87. The van der Waals surface area contributed by atoms with E-state index in [9.17, 15) is 4.79 Å². The molecule has 1 aromatic rings. The summed E-state index contributed by atoms with van der Waals surface area (Å²) in [4.78, 5) is 11.3. The first kappa shape index (κ1) is 8.54. The van der Waals surface area contributed by atoms with Crippen LogP contribution in [0, 0.1) is 11.8 Å². The van der Waals surface area contributed by atoms with Crippen LogP contribution in [0.3, 0.4) is 0 Å². The lowest BCUT2D eigenvalue weighted by atomic mass is 10.2. The Labute approximate surface area is 71.4 Å². The molecule has 3 nitrogen and oxygen atoms in total. The molecule has 0 aliphatic rings. The molecule has 3 heteroatoms. The second-order valence-electron chi connectivity index (χ2n) is 2.43. The Morgan fingerprint density at radius 3 is 3.00 bits per heavy atom. The number of aromatic nitrogens is 2. The molecule has 12 heavy (non-hydrogen) atoms. The molecule has 0 atom stereocenters. The summed E-state index contributed by atoms with van der Waals surface area (Å²) in [6.07, 6.45) is 3.53. The van der Waals surface area contributed by atoms with Crippen molar-refractivity contribution in [2.45, 2.75) is 13.3 Å². The van der Waals surface area contributed by atoms with Crippen molar-refractivity contribution >= 4 is 5.78 Å². The molecule has 0 aliphatic heterocycles. The van der Waals surface area contributed by atoms with Crippen LogP contribution in [0.25, 0.3) is 0 Å². The lowest BCUT2D eigenvalue weighted by molar-refractivity contribution is 0.0998. The fourth-order valence-corrected chi connectivity index (χ4v) is 0.836. The van der Waals surface area contributed by atoms with Gasteiger partial charge in [-0.15, -0.1) is 5.92 Å². The molecule has 0 N–H and O–H groups in total. The van der Waals surface area contributed by atoms with Crippen LogP contribution in [-0.4, -0.2) is 15.6 Å². The van der Waals surface area contributed by atoms with Gasteiger partial charge in [0.05, 0.1) is 18.2 Å². The molecule has 0 unspecified atom stereocenters. The Bertz CT molecular complexity index is 341. The van der Waals surface area contributed by atoms with E-state index in [1.165, 1.54) is 0 Å². The van der Waals surface area contributed by atoms with E-state index in [4.69, 9.17) is 0 Å². The zero-order valence-corrected chi connectivity index (χ0v) is 7.16. The number of carbonyl (C=O) groups excluding carboxylic acids is 1. The Morgan fingerprint density at radius 1 is 1.75 bits per heavy atom. The van der Waals surface area contributed by atoms with E-state index in [0.29, 0.717) is 5.56 Å². The van der Waals surface area contributed by atoms with Crippen molar-refractivity contribution in [3.8, 4) is 11.8 Å². The average Bonchev–Trinajstić information content (AvgIpc) is 2.47. The first-order valence-electron chi connectivity index (χ1n) is 3.65. The second kappa shape index (κ2) is 3.72. The van der Waals surface area contributed by atoms with Crippen molar-refractivity contribution in [3.05, 3.63) is 18.0 Å². The van der Waals surface area contributed by atoms with Crippen LogP contribution in [0.5, 0.6) is 0 Å². The molecule has 0 saturated carbocycles. The van der Waals surface area contributed by atoms with E-state index in [-0.39, 0.29) is 12.2 Å². The van der Waals surface area contributed by atoms with Crippen LogP contribution in [-0.2, 0) is 7.05 Å². The minimum Gasteiger partial charge on any atom is -0.293 e. The van der Waals surface area contributed by atoms with Crippen LogP contribution in [0.1, 0.15) is 23.7 Å². The van der Waals surface area contributed by atoms with Crippen LogP contribution < -0.4 is 0 Å². The second-order valence-corrected chi connectivity index (χ2v) is 2.43. The fraction of sp³-hybridized carbons (Fsp3) is 0.333. The number of nitrogens with zero attached hydrogens (tertiary/aromatic N) is 2. The van der Waals surface area contributed by atoms with E-state index in [1.54, 1.807) is 31.0 Å². The van der Waals surface area contributed by atoms with Crippen molar-refractivity contribution in [2.24, 2.45) is 7.05 Å². The fourth-order valence-electron chi connectivity index (χ4n) is 0.836. The van der Waals surface area contributed by atoms with Gasteiger partial charge in [-0.25, -0.2) is 0 Å². The molecule has 1 aromatic heterocycles. The van der Waals surface area contributed by atoms with E-state index >= 15 is 0 Å². The first-order chi connectivity index (χ1) is 5.74. The predicted octanol–water partition coefficient (Wildman–Crippen LogP) is 1.02. The molecule has 0 amide bonds. The third kappa shape index (κ3) is 1.96. The van der Waals surface area contributed by atoms with Crippen molar-refractivity contribution in [3.63, 3.8) is 0 Å². The van der Waals surface area contributed by atoms with Gasteiger partial charge in [-0.05, 0) is 6.92 Å². The molecule has 0 bridgehead atoms. The summed E-state index contributed by atoms with van der Waals surface area (Å²) in [5.74, 6) is 5.42. The molecule has 0 aromatic carbocycles. The topological polar surface area (TPSA) is 34.9 Å². The zero-order chi connectivity index (χ0) is 8.97. The quantitative estimate of drug-likeness (QED) is 0.480. The number of carbonyl (C=O) groups is 1. The monoisotopic (exact) mass is 162 g/mol. The Hall–Kier alpha value is -1.56. The molecule has 0 saturated heterocycles. The highest BCUT2D eigenvalue weighted by Gasteiger charge is 2.04. The molecular weight excluding hydrogens is 152 g/mol. The van der Waals surface area contributed by atoms with Crippen molar-refractivity contribution in [1.82, 2.24) is 9.78 Å². The Kier molecular flexibility index (Phi) is 2.65. The van der Waals surface area contributed by atoms with E-state index in [0.717, 1.165) is 0 Å². The van der Waals surface area contributed by atoms with Gasteiger partial charge in [-0.3, -0.25) is 9.48 Å². The molecule has 0 spiro atoms. The van der Waals surface area contributed by atoms with Crippen LogP contribution in [0.4, 0.5) is 0 Å². The summed E-state index contributed by atoms with van der Waals surface area (Å²) in [6.45, 7) is 1.72. The first-order valence-corrected chi connectivity index (χ1v) is 3.65. The third-order valence-corrected chi connectivity index (χ3v) is 1.45. The number of hydrogen-bond donors (Lipinski definition) is 0. The minimum absolute atomic E-state index is 0.0254. The predicted molar refractivity (Wildman–Crippen MR) is 45.6 cm³/mol. The molecule has 1 rings (SSSR count). The van der Waals surface area contributed by atoms with Gasteiger partial charge in [0.1, 0.15) is 0 Å². The molecule has 0 aliphatic carbocycles. The smallest absolute Gasteiger partial charge is 0.177 e. The highest BCUT2D eigenvalue weighted by atomic mass is 16.1. The summed E-state index contributed by atoms with van der Waals surface area (Å²) in [5.41, 5.74) is 0.625. The normalized spacial score (nSPS) is 8.83. The number of ketones is 1. The minimum atomic E-state index is 0.0254. The van der Waals surface area contributed by atoms with Gasteiger partial charge in [0.2, 0.25) is 0 Å².